The SMILES string of the molecule is CCCC(C)CC=C=CC=CCC=CCC=CCC(C)=CC(=O)OCCCCCCCC(C)CC(=O)O. The van der Waals surface area contributed by atoms with Crippen LogP contribution in [0.2, 0.25) is 0 Å². The molecule has 0 aliphatic heterocycles. The van der Waals surface area contributed by atoms with Crippen molar-refractivity contribution in [1.82, 2.24) is 0 Å². The van der Waals surface area contributed by atoms with Crippen LogP contribution < -0.4 is 0 Å². The molecule has 0 heterocycles. The van der Waals surface area contributed by atoms with Crippen molar-refractivity contribution in [3.05, 3.63) is 66.0 Å². The molecule has 0 saturated heterocycles. The standard InChI is InChI=1S/C33H52O4/c1-5-22-29(2)23-18-14-11-9-7-6-8-10-12-15-20-25-31(4)28-33(36)37-26-21-17-13-16-19-24-30(3)27-32(34)35/h7-11,15,18,20,28-30H,5-6,12-13,16-17,19,21-27H2,1-4H3,(H,34,35). The maximum Gasteiger partial charge on any atom is 0.330 e. The molecule has 0 aromatic rings. The summed E-state index contributed by atoms with van der Waals surface area (Å²) in [5, 5.41) is 8.77. The number of carbonyl (C=O) groups is 2. The average Bonchev–Trinajstić information content (AvgIpc) is 2.83. The van der Waals surface area contributed by atoms with E-state index in [-0.39, 0.29) is 18.3 Å². The Morgan fingerprint density at radius 2 is 1.57 bits per heavy atom. The van der Waals surface area contributed by atoms with Crippen LogP contribution in [0.4, 0.5) is 0 Å². The molecule has 1 N–H and O–H groups in total. The van der Waals surface area contributed by atoms with Crippen molar-refractivity contribution in [3.63, 3.8) is 0 Å². The van der Waals surface area contributed by atoms with Gasteiger partial charge in [0.15, 0.2) is 0 Å². The molecule has 37 heavy (non-hydrogen) atoms. The van der Waals surface area contributed by atoms with Crippen LogP contribution in [0.25, 0.3) is 0 Å². The first-order valence-electron chi connectivity index (χ1n) is 14.3. The van der Waals surface area contributed by atoms with Gasteiger partial charge >= 0.3 is 11.9 Å². The second-order valence-corrected chi connectivity index (χ2v) is 10.1. The van der Waals surface area contributed by atoms with Gasteiger partial charge in [-0.2, -0.15) is 0 Å². The van der Waals surface area contributed by atoms with E-state index in [1.165, 1.54) is 12.8 Å². The molecule has 2 unspecified atom stereocenters. The number of carboxylic acids is 1. The number of hydrogen-bond acceptors (Lipinski definition) is 3. The molecule has 0 saturated carbocycles. The van der Waals surface area contributed by atoms with Crippen LogP contribution in [0, 0.1) is 11.8 Å². The van der Waals surface area contributed by atoms with Gasteiger partial charge in [-0.1, -0.05) is 108 Å². The topological polar surface area (TPSA) is 63.6 Å². The van der Waals surface area contributed by atoms with Crippen molar-refractivity contribution >= 4 is 11.9 Å². The molecular formula is C33H52O4. The lowest BCUT2D eigenvalue weighted by molar-refractivity contribution is -0.139. The molecule has 0 aromatic heterocycles. The first-order valence-corrected chi connectivity index (χ1v) is 14.3. The maximum absolute atomic E-state index is 11.9. The minimum Gasteiger partial charge on any atom is -0.481 e. The van der Waals surface area contributed by atoms with E-state index in [9.17, 15) is 9.59 Å². The number of unbranched alkanes of at least 4 members (excludes halogenated alkanes) is 4. The van der Waals surface area contributed by atoms with Gasteiger partial charge in [-0.15, -0.1) is 5.73 Å². The Balaban J connectivity index is 3.81. The highest BCUT2D eigenvalue weighted by atomic mass is 16.5. The van der Waals surface area contributed by atoms with E-state index in [0.29, 0.717) is 6.61 Å². The van der Waals surface area contributed by atoms with E-state index in [4.69, 9.17) is 9.84 Å². The molecule has 0 aromatic carbocycles. The minimum atomic E-state index is -0.717. The molecule has 0 radical (unpaired) electrons. The van der Waals surface area contributed by atoms with E-state index < -0.39 is 5.97 Å². The van der Waals surface area contributed by atoms with Crippen molar-refractivity contribution in [2.24, 2.45) is 11.8 Å². The van der Waals surface area contributed by atoms with Crippen LogP contribution in [0.3, 0.4) is 0 Å². The number of carbonyl (C=O) groups excluding carboxylic acids is 1. The summed E-state index contributed by atoms with van der Waals surface area (Å²) in [7, 11) is 0. The molecule has 4 heteroatoms. The number of aliphatic carboxylic acids is 1. The third-order valence-electron chi connectivity index (χ3n) is 6.04. The lowest BCUT2D eigenvalue weighted by Crippen LogP contribution is -2.04. The molecular weight excluding hydrogens is 460 g/mol. The second-order valence-electron chi connectivity index (χ2n) is 10.1. The maximum atomic E-state index is 11.9. The molecule has 208 valence electrons. The van der Waals surface area contributed by atoms with Crippen molar-refractivity contribution in [3.8, 4) is 0 Å². The van der Waals surface area contributed by atoms with Crippen molar-refractivity contribution < 1.29 is 19.4 Å². The minimum absolute atomic E-state index is 0.242. The van der Waals surface area contributed by atoms with Crippen LogP contribution in [-0.2, 0) is 14.3 Å². The smallest absolute Gasteiger partial charge is 0.330 e. The fourth-order valence-corrected chi connectivity index (χ4v) is 3.87. The molecule has 0 rings (SSSR count). The molecule has 0 aliphatic carbocycles. The Labute approximate surface area is 227 Å². The van der Waals surface area contributed by atoms with E-state index in [1.54, 1.807) is 6.08 Å². The highest BCUT2D eigenvalue weighted by molar-refractivity contribution is 5.82. The van der Waals surface area contributed by atoms with Crippen LogP contribution >= 0.6 is 0 Å². The number of ether oxygens (including phenoxy) is 1. The Bertz CT molecular complexity index is 778. The highest BCUT2D eigenvalue weighted by Crippen LogP contribution is 2.14. The first kappa shape index (κ1) is 34.4. The second kappa shape index (κ2) is 25.1. The Morgan fingerprint density at radius 3 is 2.30 bits per heavy atom. The van der Waals surface area contributed by atoms with Crippen molar-refractivity contribution in [2.75, 3.05) is 6.61 Å². The fourth-order valence-electron chi connectivity index (χ4n) is 3.87. The predicted molar refractivity (Wildman–Crippen MR) is 156 cm³/mol. The third-order valence-corrected chi connectivity index (χ3v) is 6.04. The zero-order valence-corrected chi connectivity index (χ0v) is 23.9. The largest absolute Gasteiger partial charge is 0.481 e. The summed E-state index contributed by atoms with van der Waals surface area (Å²) < 4.78 is 5.30. The summed E-state index contributed by atoms with van der Waals surface area (Å²) in [4.78, 5) is 22.6. The summed E-state index contributed by atoms with van der Waals surface area (Å²) in [5.41, 5.74) is 4.22. The lowest BCUT2D eigenvalue weighted by atomic mass is 9.99. The Kier molecular flexibility index (Phi) is 23.3. The van der Waals surface area contributed by atoms with Gasteiger partial charge in [-0.05, 0) is 63.0 Å². The van der Waals surface area contributed by atoms with Gasteiger partial charge in [0, 0.05) is 12.5 Å². The van der Waals surface area contributed by atoms with E-state index >= 15 is 0 Å². The van der Waals surface area contributed by atoms with Gasteiger partial charge in [-0.25, -0.2) is 4.79 Å². The van der Waals surface area contributed by atoms with E-state index in [1.807, 2.05) is 26.0 Å². The van der Waals surface area contributed by atoms with Crippen LogP contribution in [0.15, 0.2) is 66.0 Å². The summed E-state index contributed by atoms with van der Waals surface area (Å²) in [6.07, 6.45) is 30.9. The molecule has 0 bridgehead atoms. The lowest BCUT2D eigenvalue weighted by Gasteiger charge is -2.08. The van der Waals surface area contributed by atoms with Gasteiger partial charge in [0.25, 0.3) is 0 Å². The normalized spacial score (nSPS) is 13.7. The average molecular weight is 513 g/mol. The summed E-state index contributed by atoms with van der Waals surface area (Å²) in [5.74, 6) is 0.00183. The molecule has 4 nitrogen and oxygen atoms in total. The Hall–Kier alpha value is -2.58. The number of hydrogen-bond donors (Lipinski definition) is 1. The fraction of sp³-hybridized carbons (Fsp3) is 0.606. The summed E-state index contributed by atoms with van der Waals surface area (Å²) in [6.45, 7) is 8.90. The van der Waals surface area contributed by atoms with Gasteiger partial charge in [-0.3, -0.25) is 4.79 Å². The Morgan fingerprint density at radius 1 is 0.892 bits per heavy atom. The molecule has 0 aliphatic rings. The van der Waals surface area contributed by atoms with Gasteiger partial charge in [0.05, 0.1) is 6.61 Å². The third kappa shape index (κ3) is 26.3. The number of esters is 1. The summed E-state index contributed by atoms with van der Waals surface area (Å²) in [6, 6.07) is 0. The van der Waals surface area contributed by atoms with Crippen LogP contribution in [-0.4, -0.2) is 23.7 Å². The zero-order valence-electron chi connectivity index (χ0n) is 23.9. The van der Waals surface area contributed by atoms with Gasteiger partial charge in [0.1, 0.15) is 0 Å². The van der Waals surface area contributed by atoms with Crippen molar-refractivity contribution in [1.29, 1.82) is 0 Å². The molecule has 0 spiro atoms. The summed E-state index contributed by atoms with van der Waals surface area (Å²) >= 11 is 0. The molecule has 0 fully saturated rings. The van der Waals surface area contributed by atoms with Gasteiger partial charge in [0.2, 0.25) is 0 Å². The van der Waals surface area contributed by atoms with E-state index in [2.05, 4.69) is 56.0 Å². The van der Waals surface area contributed by atoms with Gasteiger partial charge < -0.3 is 9.84 Å². The predicted octanol–water partition coefficient (Wildman–Crippen LogP) is 9.30. The highest BCUT2D eigenvalue weighted by Gasteiger charge is 2.06. The quantitative estimate of drug-likeness (QED) is 0.0392. The number of allylic oxidation sites excluding steroid dienone is 8. The monoisotopic (exact) mass is 512 g/mol. The van der Waals surface area contributed by atoms with Crippen LogP contribution in [0.1, 0.15) is 111 Å². The van der Waals surface area contributed by atoms with Crippen LogP contribution in [0.5, 0.6) is 0 Å². The van der Waals surface area contributed by atoms with Crippen molar-refractivity contribution in [2.45, 2.75) is 111 Å². The first-order chi connectivity index (χ1) is 17.8. The molecule has 2 atom stereocenters. The zero-order chi connectivity index (χ0) is 27.6. The molecule has 0 amide bonds. The van der Waals surface area contributed by atoms with E-state index in [0.717, 1.165) is 75.7 Å². The number of carboxylic acid groups (broad SMARTS) is 1. The number of rotatable bonds is 22.